The first kappa shape index (κ1) is 31.5. The van der Waals surface area contributed by atoms with Gasteiger partial charge in [-0.2, -0.15) is 4.31 Å². The topological polar surface area (TPSA) is 108 Å². The SMILES string of the molecule is CC1(C)C2CCC(CN(CC3(O)CCC4C56C=CC7(C=C5C(=O)c5ccco5)CC(O)CCC7(C)C6CCC43C)S(C)(=O)=O)C1C2. The minimum atomic E-state index is -3.56. The molecule has 8 heteroatoms. The third kappa shape index (κ3) is 3.87. The van der Waals surface area contributed by atoms with Crippen LogP contribution in [0, 0.1) is 56.7 Å². The van der Waals surface area contributed by atoms with Gasteiger partial charge in [-0.05, 0) is 117 Å². The minimum absolute atomic E-state index is 0.0328. The number of hydrogen-bond acceptors (Lipinski definition) is 6. The molecule has 11 atom stereocenters. The molecule has 1 aromatic rings. The number of nitrogens with zero attached hydrogens (tertiary/aromatic N) is 1. The second-order valence-corrected chi connectivity index (χ2v) is 19.9. The van der Waals surface area contributed by atoms with Crippen molar-refractivity contribution in [3.63, 3.8) is 0 Å². The summed E-state index contributed by atoms with van der Waals surface area (Å²) in [6.07, 6.45) is 17.7. The first-order valence-corrected chi connectivity index (χ1v) is 19.7. The van der Waals surface area contributed by atoms with E-state index in [1.165, 1.54) is 12.7 Å². The number of Topliss-reactive ketones (excluding diaryl/α,β-unsaturated/α-hetero) is 1. The lowest BCUT2D eigenvalue weighted by Gasteiger charge is -2.71. The maximum atomic E-state index is 14.4. The maximum absolute atomic E-state index is 14.4. The summed E-state index contributed by atoms with van der Waals surface area (Å²) in [4.78, 5) is 14.4. The molecule has 252 valence electrons. The smallest absolute Gasteiger partial charge is 0.224 e. The Kier molecular flexibility index (Phi) is 6.65. The predicted molar refractivity (Wildman–Crippen MR) is 176 cm³/mol. The van der Waals surface area contributed by atoms with Crippen molar-refractivity contribution in [2.24, 2.45) is 56.7 Å². The predicted octanol–water partition coefficient (Wildman–Crippen LogP) is 6.39. The van der Waals surface area contributed by atoms with Crippen molar-refractivity contribution in [2.75, 3.05) is 19.3 Å². The van der Waals surface area contributed by atoms with E-state index in [0.717, 1.165) is 56.4 Å². The van der Waals surface area contributed by atoms with E-state index in [0.29, 0.717) is 37.0 Å². The van der Waals surface area contributed by atoms with Crippen molar-refractivity contribution in [1.82, 2.24) is 4.31 Å². The zero-order chi connectivity index (χ0) is 32.7. The van der Waals surface area contributed by atoms with Crippen LogP contribution in [0.3, 0.4) is 0 Å². The Bertz CT molecular complexity index is 1610. The lowest BCUT2D eigenvalue weighted by Crippen LogP contribution is -2.67. The first-order chi connectivity index (χ1) is 21.5. The summed E-state index contributed by atoms with van der Waals surface area (Å²) in [6, 6.07) is 3.49. The van der Waals surface area contributed by atoms with Crippen molar-refractivity contribution in [2.45, 2.75) is 104 Å². The molecule has 7 nitrogen and oxygen atoms in total. The van der Waals surface area contributed by atoms with E-state index in [2.05, 4.69) is 45.9 Å². The Morgan fingerprint density at radius 1 is 1.00 bits per heavy atom. The van der Waals surface area contributed by atoms with E-state index < -0.39 is 38.0 Å². The largest absolute Gasteiger partial charge is 0.461 e. The highest BCUT2D eigenvalue weighted by molar-refractivity contribution is 7.88. The van der Waals surface area contributed by atoms with Gasteiger partial charge in [0.2, 0.25) is 15.8 Å². The molecule has 11 unspecified atom stereocenters. The summed E-state index contributed by atoms with van der Waals surface area (Å²) in [5.41, 5.74) is -1.91. The molecule has 0 aromatic carbocycles. The molecule has 46 heavy (non-hydrogen) atoms. The average molecular weight is 652 g/mol. The second kappa shape index (κ2) is 9.70. The summed E-state index contributed by atoms with van der Waals surface area (Å²) in [7, 11) is -3.56. The minimum Gasteiger partial charge on any atom is -0.461 e. The number of aliphatic hydroxyl groups excluding tert-OH is 1. The van der Waals surface area contributed by atoms with Crippen LogP contribution in [0.4, 0.5) is 0 Å². The van der Waals surface area contributed by atoms with Gasteiger partial charge in [0.25, 0.3) is 0 Å². The van der Waals surface area contributed by atoms with Gasteiger partial charge >= 0.3 is 0 Å². The molecule has 6 saturated carbocycles. The zero-order valence-electron chi connectivity index (χ0n) is 28.3. The number of hydrogen-bond donors (Lipinski definition) is 2. The van der Waals surface area contributed by atoms with E-state index in [9.17, 15) is 23.4 Å². The standard InChI is InChI=1S/C38H53NO6S/c1-33(2)25-9-8-24(27(33)19-25)22-39(46(5,43)44)23-37(42)15-12-31-35(37,4)14-11-30-34(3)13-10-26(40)20-36(34)16-17-38(30,31)28(21-36)32(41)29-7-6-18-45-29/h6-7,16-18,21,24-27,30-31,40,42H,8-15,19-20,22-23H2,1-5H3. The van der Waals surface area contributed by atoms with E-state index in [4.69, 9.17) is 4.42 Å². The molecular weight excluding hydrogens is 598 g/mol. The van der Waals surface area contributed by atoms with Crippen LogP contribution in [-0.2, 0) is 10.0 Å². The number of rotatable bonds is 7. The van der Waals surface area contributed by atoms with Crippen LogP contribution in [0.5, 0.6) is 0 Å². The zero-order valence-corrected chi connectivity index (χ0v) is 29.1. The summed E-state index contributed by atoms with van der Waals surface area (Å²) in [5, 5.41) is 23.8. The normalized spacial score (nSPS) is 48.3. The Labute approximate surface area is 274 Å². The molecule has 0 saturated heterocycles. The quantitative estimate of drug-likeness (QED) is 0.262. The third-order valence-corrected chi connectivity index (χ3v) is 17.3. The van der Waals surface area contributed by atoms with Crippen LogP contribution in [0.1, 0.15) is 102 Å². The van der Waals surface area contributed by atoms with Gasteiger partial charge in [-0.3, -0.25) is 4.79 Å². The Balaban J connectivity index is 1.18. The highest BCUT2D eigenvalue weighted by Crippen LogP contribution is 2.78. The second-order valence-electron chi connectivity index (χ2n) is 17.9. The molecule has 2 spiro atoms. The van der Waals surface area contributed by atoms with Crippen LogP contribution in [0.25, 0.3) is 0 Å². The van der Waals surface area contributed by atoms with Gasteiger partial charge in [0, 0.05) is 34.9 Å². The maximum Gasteiger partial charge on any atom is 0.224 e. The number of furan rings is 1. The van der Waals surface area contributed by atoms with Crippen LogP contribution in [0.15, 0.2) is 46.6 Å². The van der Waals surface area contributed by atoms with Gasteiger partial charge < -0.3 is 14.6 Å². The first-order valence-electron chi connectivity index (χ1n) is 17.9. The number of allylic oxidation sites excluding steroid dienone is 4. The van der Waals surface area contributed by atoms with Gasteiger partial charge in [-0.25, -0.2) is 8.42 Å². The van der Waals surface area contributed by atoms with Crippen LogP contribution in [-0.4, -0.2) is 59.8 Å². The van der Waals surface area contributed by atoms with Crippen molar-refractivity contribution in [3.8, 4) is 0 Å². The number of carbonyl (C=O) groups excluding carboxylic acids is 1. The summed E-state index contributed by atoms with van der Waals surface area (Å²) >= 11 is 0. The Morgan fingerprint density at radius 3 is 2.39 bits per heavy atom. The molecule has 10 rings (SSSR count). The van der Waals surface area contributed by atoms with Gasteiger partial charge in [-0.1, -0.05) is 45.9 Å². The molecule has 9 aliphatic rings. The van der Waals surface area contributed by atoms with Gasteiger partial charge in [0.15, 0.2) is 5.76 Å². The Hall–Kier alpha value is -1.74. The van der Waals surface area contributed by atoms with Crippen LogP contribution in [0.2, 0.25) is 0 Å². The molecular formula is C38H53NO6S. The van der Waals surface area contributed by atoms with Crippen LogP contribution >= 0.6 is 0 Å². The Morgan fingerprint density at radius 2 is 1.72 bits per heavy atom. The van der Waals surface area contributed by atoms with Gasteiger partial charge in [0.05, 0.1) is 24.2 Å². The van der Waals surface area contributed by atoms with Crippen molar-refractivity contribution in [3.05, 3.63) is 48.0 Å². The molecule has 1 aromatic heterocycles. The highest BCUT2D eigenvalue weighted by atomic mass is 32.2. The lowest BCUT2D eigenvalue weighted by atomic mass is 9.32. The summed E-state index contributed by atoms with van der Waals surface area (Å²) in [5.74, 6) is 1.95. The van der Waals surface area contributed by atoms with Gasteiger partial charge in [0.1, 0.15) is 0 Å². The number of carbonyl (C=O) groups is 1. The average Bonchev–Trinajstić information content (AvgIpc) is 3.62. The number of aliphatic hydroxyl groups is 2. The third-order valence-electron chi connectivity index (χ3n) is 16.0. The number of fused-ring (bicyclic) bond motifs is 3. The summed E-state index contributed by atoms with van der Waals surface area (Å²) < 4.78 is 34.2. The lowest BCUT2D eigenvalue weighted by molar-refractivity contribution is -0.175. The molecule has 4 bridgehead atoms. The molecule has 0 radical (unpaired) electrons. The van der Waals surface area contributed by atoms with E-state index in [1.807, 2.05) is 0 Å². The van der Waals surface area contributed by atoms with E-state index in [-0.39, 0.29) is 35.0 Å². The highest BCUT2D eigenvalue weighted by Gasteiger charge is 2.74. The monoisotopic (exact) mass is 651 g/mol. The fourth-order valence-corrected chi connectivity index (χ4v) is 14.1. The van der Waals surface area contributed by atoms with Gasteiger partial charge in [-0.15, -0.1) is 0 Å². The number of ketones is 1. The van der Waals surface area contributed by atoms with E-state index in [1.54, 1.807) is 22.7 Å². The van der Waals surface area contributed by atoms with Crippen molar-refractivity contribution >= 4 is 15.8 Å². The van der Waals surface area contributed by atoms with Crippen LogP contribution < -0.4 is 0 Å². The summed E-state index contributed by atoms with van der Waals surface area (Å²) in [6.45, 7) is 9.82. The fraction of sp³-hybridized carbons (Fsp3) is 0.763. The fourth-order valence-electron chi connectivity index (χ4n) is 13.2. The molecule has 2 N–H and O–H groups in total. The van der Waals surface area contributed by atoms with Crippen molar-refractivity contribution in [1.29, 1.82) is 0 Å². The molecule has 6 fully saturated rings. The number of sulfonamides is 1. The van der Waals surface area contributed by atoms with Crippen molar-refractivity contribution < 1.29 is 27.8 Å². The molecule has 1 heterocycles. The molecule has 0 aliphatic heterocycles. The molecule has 9 aliphatic carbocycles. The molecule has 0 amide bonds. The van der Waals surface area contributed by atoms with E-state index >= 15 is 0 Å².